The van der Waals surface area contributed by atoms with Gasteiger partial charge in [-0.05, 0) is 43.2 Å². The number of carbonyl (C=O) groups excluding carboxylic acids is 1. The smallest absolute Gasteiger partial charge is 0.267 e. The second kappa shape index (κ2) is 10.5. The van der Waals surface area contributed by atoms with Crippen LogP contribution in [0.25, 0.3) is 17.1 Å². The molecule has 1 amide bonds. The number of hydrogen-bond acceptors (Lipinski definition) is 4. The monoisotopic (exact) mass is 356 g/mol. The Bertz CT molecular complexity index is 777. The molecule has 0 fully saturated rings. The SMILES string of the molecule is CC/C=C/CCc1nc2cc(/C=C/C(=O)NO)ccc2n1CCNCC. The molecule has 26 heavy (non-hydrogen) atoms. The number of carbonyl (C=O) groups is 1. The second-order valence-corrected chi connectivity index (χ2v) is 6.01. The molecule has 1 heterocycles. The van der Waals surface area contributed by atoms with Crippen LogP contribution in [0, 0.1) is 0 Å². The lowest BCUT2D eigenvalue weighted by Crippen LogP contribution is -2.20. The molecule has 2 rings (SSSR count). The second-order valence-electron chi connectivity index (χ2n) is 6.01. The van der Waals surface area contributed by atoms with E-state index in [-0.39, 0.29) is 0 Å². The van der Waals surface area contributed by atoms with E-state index in [9.17, 15) is 4.79 Å². The molecule has 6 heteroatoms. The first kappa shape index (κ1) is 19.9. The highest BCUT2D eigenvalue weighted by Gasteiger charge is 2.10. The topological polar surface area (TPSA) is 79.2 Å². The highest BCUT2D eigenvalue weighted by molar-refractivity contribution is 5.91. The first-order valence-corrected chi connectivity index (χ1v) is 9.16. The van der Waals surface area contributed by atoms with Gasteiger partial charge < -0.3 is 9.88 Å². The third kappa shape index (κ3) is 5.54. The van der Waals surface area contributed by atoms with Gasteiger partial charge in [-0.2, -0.15) is 0 Å². The number of aromatic nitrogens is 2. The van der Waals surface area contributed by atoms with E-state index in [0.717, 1.165) is 61.3 Å². The summed E-state index contributed by atoms with van der Waals surface area (Å²) in [5.74, 6) is 0.526. The molecule has 0 saturated heterocycles. The zero-order valence-corrected chi connectivity index (χ0v) is 15.5. The Labute approximate surface area is 154 Å². The van der Waals surface area contributed by atoms with Crippen LogP contribution in [-0.2, 0) is 17.8 Å². The molecular formula is C20H28N4O2. The number of allylic oxidation sites excluding steroid dienone is 2. The van der Waals surface area contributed by atoms with Crippen molar-refractivity contribution in [3.63, 3.8) is 0 Å². The lowest BCUT2D eigenvalue weighted by molar-refractivity contribution is -0.124. The van der Waals surface area contributed by atoms with Crippen molar-refractivity contribution < 1.29 is 10.0 Å². The summed E-state index contributed by atoms with van der Waals surface area (Å²) in [7, 11) is 0. The maximum atomic E-state index is 11.1. The zero-order chi connectivity index (χ0) is 18.8. The molecule has 0 radical (unpaired) electrons. The van der Waals surface area contributed by atoms with E-state index < -0.39 is 5.91 Å². The summed E-state index contributed by atoms with van der Waals surface area (Å²) in [5, 5.41) is 11.9. The predicted octanol–water partition coefficient (Wildman–Crippen LogP) is 3.06. The summed E-state index contributed by atoms with van der Waals surface area (Å²) in [5.41, 5.74) is 4.48. The van der Waals surface area contributed by atoms with E-state index in [1.54, 1.807) is 11.6 Å². The number of likely N-dealkylation sites (N-methyl/N-ethyl adjacent to an activating group) is 1. The molecule has 3 N–H and O–H groups in total. The largest absolute Gasteiger partial charge is 0.327 e. The van der Waals surface area contributed by atoms with E-state index in [1.807, 2.05) is 18.2 Å². The lowest BCUT2D eigenvalue weighted by atomic mass is 10.2. The summed E-state index contributed by atoms with van der Waals surface area (Å²) in [6.45, 7) is 6.96. The van der Waals surface area contributed by atoms with Crippen molar-refractivity contribution in [3.8, 4) is 0 Å². The van der Waals surface area contributed by atoms with E-state index in [0.29, 0.717) is 0 Å². The lowest BCUT2D eigenvalue weighted by Gasteiger charge is -2.09. The van der Waals surface area contributed by atoms with Crippen LogP contribution in [0.5, 0.6) is 0 Å². The summed E-state index contributed by atoms with van der Waals surface area (Å²) in [6, 6.07) is 5.96. The number of rotatable bonds is 10. The van der Waals surface area contributed by atoms with Gasteiger partial charge in [-0.25, -0.2) is 10.5 Å². The highest BCUT2D eigenvalue weighted by atomic mass is 16.5. The zero-order valence-electron chi connectivity index (χ0n) is 15.5. The Hall–Kier alpha value is -2.44. The van der Waals surface area contributed by atoms with Crippen molar-refractivity contribution in [2.24, 2.45) is 0 Å². The summed E-state index contributed by atoms with van der Waals surface area (Å²) in [6.07, 6.45) is 10.3. The third-order valence-corrected chi connectivity index (χ3v) is 4.09. The Morgan fingerprint density at radius 1 is 1.31 bits per heavy atom. The van der Waals surface area contributed by atoms with E-state index >= 15 is 0 Å². The fourth-order valence-corrected chi connectivity index (χ4v) is 2.81. The highest BCUT2D eigenvalue weighted by Crippen LogP contribution is 2.20. The quantitative estimate of drug-likeness (QED) is 0.201. The van der Waals surface area contributed by atoms with Gasteiger partial charge in [0.2, 0.25) is 0 Å². The van der Waals surface area contributed by atoms with Crippen molar-refractivity contribution in [2.75, 3.05) is 13.1 Å². The molecule has 6 nitrogen and oxygen atoms in total. The molecule has 1 aromatic heterocycles. The minimum absolute atomic E-state index is 0.551. The van der Waals surface area contributed by atoms with Gasteiger partial charge in [0.05, 0.1) is 11.0 Å². The number of hydrogen-bond donors (Lipinski definition) is 3. The van der Waals surface area contributed by atoms with Gasteiger partial charge in [0, 0.05) is 25.6 Å². The van der Waals surface area contributed by atoms with Gasteiger partial charge in [-0.3, -0.25) is 10.0 Å². The van der Waals surface area contributed by atoms with E-state index in [4.69, 9.17) is 10.2 Å². The number of nitrogens with one attached hydrogen (secondary N) is 2. The van der Waals surface area contributed by atoms with Crippen molar-refractivity contribution >= 4 is 23.0 Å². The molecule has 0 atom stereocenters. The minimum Gasteiger partial charge on any atom is -0.327 e. The van der Waals surface area contributed by atoms with Crippen LogP contribution in [0.1, 0.15) is 38.1 Å². The van der Waals surface area contributed by atoms with Crippen LogP contribution >= 0.6 is 0 Å². The van der Waals surface area contributed by atoms with E-state index in [2.05, 4.69) is 35.9 Å². The van der Waals surface area contributed by atoms with Crippen LogP contribution < -0.4 is 10.8 Å². The third-order valence-electron chi connectivity index (χ3n) is 4.09. The average Bonchev–Trinajstić information content (AvgIpc) is 3.00. The van der Waals surface area contributed by atoms with Crippen LogP contribution in [0.2, 0.25) is 0 Å². The van der Waals surface area contributed by atoms with Gasteiger partial charge in [-0.15, -0.1) is 0 Å². The molecule has 0 aliphatic heterocycles. The van der Waals surface area contributed by atoms with Gasteiger partial charge in [-0.1, -0.05) is 32.1 Å². The van der Waals surface area contributed by atoms with Crippen molar-refractivity contribution in [2.45, 2.75) is 39.7 Å². The normalized spacial score (nSPS) is 11.8. The number of nitrogens with zero attached hydrogens (tertiary/aromatic N) is 2. The Balaban J connectivity index is 2.28. The average molecular weight is 356 g/mol. The first-order chi connectivity index (χ1) is 12.7. The Morgan fingerprint density at radius 2 is 2.15 bits per heavy atom. The fraction of sp³-hybridized carbons (Fsp3) is 0.400. The number of benzene rings is 1. The standard InChI is InChI=1S/C20H28N4O2/c1-3-5-6-7-8-19-22-17-15-16(10-12-20(25)23-26)9-11-18(17)24(19)14-13-21-4-2/h5-6,9-12,15,21,26H,3-4,7-8,13-14H2,1-2H3,(H,23,25)/b6-5+,12-10+. The predicted molar refractivity (Wildman–Crippen MR) is 105 cm³/mol. The molecule has 0 aliphatic carbocycles. The van der Waals surface area contributed by atoms with Crippen molar-refractivity contribution in [1.82, 2.24) is 20.3 Å². The van der Waals surface area contributed by atoms with Crippen molar-refractivity contribution in [3.05, 3.63) is 47.8 Å². The molecule has 0 aliphatic rings. The van der Waals surface area contributed by atoms with Crippen LogP contribution in [0.3, 0.4) is 0 Å². The van der Waals surface area contributed by atoms with Crippen LogP contribution in [0.4, 0.5) is 0 Å². The molecule has 0 saturated carbocycles. The number of amides is 1. The molecule has 2 aromatic rings. The summed E-state index contributed by atoms with van der Waals surface area (Å²) in [4.78, 5) is 16.0. The van der Waals surface area contributed by atoms with Crippen LogP contribution in [-0.4, -0.2) is 33.8 Å². The number of imidazole rings is 1. The molecule has 140 valence electrons. The molecule has 0 bridgehead atoms. The molecule has 1 aromatic carbocycles. The molecule has 0 spiro atoms. The number of hydroxylamine groups is 1. The molecule has 0 unspecified atom stereocenters. The Morgan fingerprint density at radius 3 is 2.88 bits per heavy atom. The fourth-order valence-electron chi connectivity index (χ4n) is 2.81. The molecular weight excluding hydrogens is 328 g/mol. The first-order valence-electron chi connectivity index (χ1n) is 9.16. The maximum absolute atomic E-state index is 11.1. The summed E-state index contributed by atoms with van der Waals surface area (Å²) >= 11 is 0. The minimum atomic E-state index is -0.551. The van der Waals surface area contributed by atoms with Gasteiger partial charge in [0.25, 0.3) is 5.91 Å². The van der Waals surface area contributed by atoms with Gasteiger partial charge >= 0.3 is 0 Å². The van der Waals surface area contributed by atoms with Crippen molar-refractivity contribution in [1.29, 1.82) is 0 Å². The number of aryl methyl sites for hydroxylation is 1. The van der Waals surface area contributed by atoms with Gasteiger partial charge in [0.15, 0.2) is 0 Å². The van der Waals surface area contributed by atoms with Crippen LogP contribution in [0.15, 0.2) is 36.4 Å². The Kier molecular flexibility index (Phi) is 8.05. The maximum Gasteiger partial charge on any atom is 0.267 e. The van der Waals surface area contributed by atoms with Gasteiger partial charge in [0.1, 0.15) is 5.82 Å². The summed E-state index contributed by atoms with van der Waals surface area (Å²) < 4.78 is 2.27. The number of fused-ring (bicyclic) bond motifs is 1. The van der Waals surface area contributed by atoms with E-state index in [1.165, 1.54) is 6.08 Å².